The zero-order chi connectivity index (χ0) is 14.5. The van der Waals surface area contributed by atoms with Gasteiger partial charge in [-0.2, -0.15) is 0 Å². The summed E-state index contributed by atoms with van der Waals surface area (Å²) in [5, 5.41) is 0. The summed E-state index contributed by atoms with van der Waals surface area (Å²) in [6.45, 7) is 4.77. The summed E-state index contributed by atoms with van der Waals surface area (Å²) >= 11 is 0. The highest BCUT2D eigenvalue weighted by molar-refractivity contribution is 5.24. The van der Waals surface area contributed by atoms with E-state index in [1.165, 1.54) is 12.8 Å². The lowest BCUT2D eigenvalue weighted by Gasteiger charge is -2.29. The summed E-state index contributed by atoms with van der Waals surface area (Å²) in [6, 6.07) is 5.80. The second kappa shape index (κ2) is 7.16. The van der Waals surface area contributed by atoms with Gasteiger partial charge in [0, 0.05) is 38.3 Å². The number of methoxy groups -OCH3 is 1. The van der Waals surface area contributed by atoms with Crippen LogP contribution in [0.15, 0.2) is 18.2 Å². The van der Waals surface area contributed by atoms with Crippen molar-refractivity contribution in [2.45, 2.75) is 38.9 Å². The fourth-order valence-corrected chi connectivity index (χ4v) is 2.58. The average molecular weight is 280 g/mol. The molecule has 3 nitrogen and oxygen atoms in total. The van der Waals surface area contributed by atoms with Crippen molar-refractivity contribution < 1.29 is 9.13 Å². The first-order valence-corrected chi connectivity index (χ1v) is 7.36. The van der Waals surface area contributed by atoms with Crippen LogP contribution in [0.4, 0.5) is 4.39 Å². The summed E-state index contributed by atoms with van der Waals surface area (Å²) in [5.41, 5.74) is 7.12. The molecular formula is C16H25FN2O. The van der Waals surface area contributed by atoms with Crippen LogP contribution >= 0.6 is 0 Å². The molecule has 0 radical (unpaired) electrons. The minimum atomic E-state index is -0.154. The molecule has 1 unspecified atom stereocenters. The second-order valence-corrected chi connectivity index (χ2v) is 5.67. The molecule has 1 saturated carbocycles. The zero-order valence-corrected chi connectivity index (χ0v) is 12.4. The number of hydrogen-bond donors (Lipinski definition) is 1. The highest BCUT2D eigenvalue weighted by Gasteiger charge is 2.32. The third kappa shape index (κ3) is 4.01. The van der Waals surface area contributed by atoms with Crippen molar-refractivity contribution in [1.82, 2.24) is 4.90 Å². The molecule has 1 aliphatic rings. The summed E-state index contributed by atoms with van der Waals surface area (Å²) in [6.07, 6.45) is 2.58. The molecule has 1 aromatic carbocycles. The van der Waals surface area contributed by atoms with Gasteiger partial charge in [0.1, 0.15) is 5.82 Å². The predicted molar refractivity (Wildman–Crippen MR) is 78.8 cm³/mol. The number of nitrogens with zero attached hydrogens (tertiary/aromatic N) is 1. The smallest absolute Gasteiger partial charge is 0.128 e. The van der Waals surface area contributed by atoms with Gasteiger partial charge >= 0.3 is 0 Å². The summed E-state index contributed by atoms with van der Waals surface area (Å²) < 4.78 is 19.3. The maximum absolute atomic E-state index is 14.1. The Morgan fingerprint density at radius 3 is 2.75 bits per heavy atom. The van der Waals surface area contributed by atoms with Gasteiger partial charge in [-0.1, -0.05) is 12.1 Å². The van der Waals surface area contributed by atoms with Crippen LogP contribution in [0.2, 0.25) is 0 Å². The van der Waals surface area contributed by atoms with Gasteiger partial charge in [-0.05, 0) is 37.3 Å². The van der Waals surface area contributed by atoms with Gasteiger partial charge in [0.25, 0.3) is 0 Å². The van der Waals surface area contributed by atoms with E-state index in [0.29, 0.717) is 25.7 Å². The van der Waals surface area contributed by atoms with Crippen molar-refractivity contribution in [1.29, 1.82) is 0 Å². The van der Waals surface area contributed by atoms with E-state index in [0.717, 1.165) is 23.6 Å². The van der Waals surface area contributed by atoms with Crippen molar-refractivity contribution in [3.8, 4) is 0 Å². The number of ether oxygens (including phenoxy) is 1. The van der Waals surface area contributed by atoms with Crippen LogP contribution in [-0.2, 0) is 17.8 Å². The molecule has 0 bridgehead atoms. The number of benzene rings is 1. The van der Waals surface area contributed by atoms with E-state index in [-0.39, 0.29) is 5.82 Å². The van der Waals surface area contributed by atoms with Crippen LogP contribution in [0, 0.1) is 11.7 Å². The molecule has 0 aliphatic heterocycles. The van der Waals surface area contributed by atoms with Crippen LogP contribution in [0.25, 0.3) is 0 Å². The molecule has 0 aromatic heterocycles. The number of rotatable bonds is 8. The maximum atomic E-state index is 14.1. The van der Waals surface area contributed by atoms with Crippen LogP contribution < -0.4 is 5.73 Å². The molecule has 112 valence electrons. The molecule has 2 N–H and O–H groups in total. The summed E-state index contributed by atoms with van der Waals surface area (Å²) in [5.74, 6) is 0.608. The Balaban J connectivity index is 2.05. The first-order chi connectivity index (χ1) is 9.65. The van der Waals surface area contributed by atoms with E-state index in [1.807, 2.05) is 12.1 Å². The first kappa shape index (κ1) is 15.4. The number of nitrogens with two attached hydrogens (primary N) is 1. The van der Waals surface area contributed by atoms with Crippen LogP contribution in [-0.4, -0.2) is 31.2 Å². The Labute approximate surface area is 120 Å². The Morgan fingerprint density at radius 1 is 1.45 bits per heavy atom. The number of halogens is 1. The van der Waals surface area contributed by atoms with Gasteiger partial charge in [0.2, 0.25) is 0 Å². The topological polar surface area (TPSA) is 38.5 Å². The molecular weight excluding hydrogens is 255 g/mol. The third-order valence-corrected chi connectivity index (χ3v) is 4.19. The van der Waals surface area contributed by atoms with Crippen molar-refractivity contribution in [3.63, 3.8) is 0 Å². The van der Waals surface area contributed by atoms with Crippen LogP contribution in [0.1, 0.15) is 30.9 Å². The van der Waals surface area contributed by atoms with Crippen molar-refractivity contribution in [2.24, 2.45) is 11.7 Å². The lowest BCUT2D eigenvalue weighted by atomic mass is 10.1. The zero-order valence-electron chi connectivity index (χ0n) is 12.4. The highest BCUT2D eigenvalue weighted by Crippen LogP contribution is 2.35. The molecule has 2 rings (SSSR count). The van der Waals surface area contributed by atoms with E-state index < -0.39 is 0 Å². The maximum Gasteiger partial charge on any atom is 0.128 e. The fourth-order valence-electron chi connectivity index (χ4n) is 2.58. The standard InChI is InChI=1S/C16H25FN2O/c1-12(14-5-6-14)19(7-8-20-2)11-15-4-3-13(10-18)9-16(15)17/h3-4,9,12,14H,5-8,10-11,18H2,1-2H3. The van der Waals surface area contributed by atoms with Crippen molar-refractivity contribution in [2.75, 3.05) is 20.3 Å². The van der Waals surface area contributed by atoms with Gasteiger partial charge in [-0.3, -0.25) is 4.90 Å². The van der Waals surface area contributed by atoms with E-state index in [9.17, 15) is 4.39 Å². The molecule has 0 spiro atoms. The normalized spacial score (nSPS) is 16.6. The fraction of sp³-hybridized carbons (Fsp3) is 0.625. The van der Waals surface area contributed by atoms with E-state index in [2.05, 4.69) is 11.8 Å². The van der Waals surface area contributed by atoms with E-state index in [4.69, 9.17) is 10.5 Å². The minimum absolute atomic E-state index is 0.154. The van der Waals surface area contributed by atoms with Gasteiger partial charge in [0.15, 0.2) is 0 Å². The predicted octanol–water partition coefficient (Wildman–Crippen LogP) is 2.53. The van der Waals surface area contributed by atoms with Gasteiger partial charge in [-0.25, -0.2) is 4.39 Å². The van der Waals surface area contributed by atoms with E-state index >= 15 is 0 Å². The lowest BCUT2D eigenvalue weighted by Crippen LogP contribution is -2.36. The third-order valence-electron chi connectivity index (χ3n) is 4.19. The molecule has 1 fully saturated rings. The van der Waals surface area contributed by atoms with Crippen LogP contribution in [0.5, 0.6) is 0 Å². The molecule has 0 saturated heterocycles. The first-order valence-electron chi connectivity index (χ1n) is 7.36. The molecule has 1 aliphatic carbocycles. The second-order valence-electron chi connectivity index (χ2n) is 5.67. The van der Waals surface area contributed by atoms with E-state index in [1.54, 1.807) is 13.2 Å². The summed E-state index contributed by atoms with van der Waals surface area (Å²) in [4.78, 5) is 2.32. The number of hydrogen-bond acceptors (Lipinski definition) is 3. The molecule has 0 heterocycles. The Morgan fingerprint density at radius 2 is 2.20 bits per heavy atom. The van der Waals surface area contributed by atoms with Gasteiger partial charge in [-0.15, -0.1) is 0 Å². The SMILES string of the molecule is COCCN(Cc1ccc(CN)cc1F)C(C)C1CC1. The monoisotopic (exact) mass is 280 g/mol. The summed E-state index contributed by atoms with van der Waals surface area (Å²) in [7, 11) is 1.70. The highest BCUT2D eigenvalue weighted by atomic mass is 19.1. The van der Waals surface area contributed by atoms with Crippen molar-refractivity contribution in [3.05, 3.63) is 35.1 Å². The molecule has 4 heteroatoms. The molecule has 1 aromatic rings. The van der Waals surface area contributed by atoms with Gasteiger partial charge in [0.05, 0.1) is 6.61 Å². The molecule has 20 heavy (non-hydrogen) atoms. The Kier molecular flexibility index (Phi) is 5.52. The largest absolute Gasteiger partial charge is 0.383 e. The lowest BCUT2D eigenvalue weighted by molar-refractivity contribution is 0.111. The minimum Gasteiger partial charge on any atom is -0.383 e. The van der Waals surface area contributed by atoms with Crippen LogP contribution in [0.3, 0.4) is 0 Å². The quantitative estimate of drug-likeness (QED) is 0.795. The molecule has 1 atom stereocenters. The molecule has 0 amide bonds. The van der Waals surface area contributed by atoms with Crippen molar-refractivity contribution >= 4 is 0 Å². The van der Waals surface area contributed by atoms with Gasteiger partial charge < -0.3 is 10.5 Å². The Bertz CT molecular complexity index is 434. The Hall–Kier alpha value is -0.970. The average Bonchev–Trinajstić information content (AvgIpc) is 3.28.